The molecule has 1 unspecified atom stereocenters. The second-order valence-electron chi connectivity index (χ2n) is 4.63. The standard InChI is InChI=1S/C13H16N2O5S/c1-20-10-2-3-11(12(7-10)15(18)19)14-4-5-21-8-9(14)6-13(16)17/h2-3,7,9H,4-6,8H2,1H3,(H,16,17). The first kappa shape index (κ1) is 15.4. The van der Waals surface area contributed by atoms with E-state index in [1.165, 1.54) is 13.2 Å². The van der Waals surface area contributed by atoms with Crippen molar-refractivity contribution < 1.29 is 19.6 Å². The number of nitro benzene ring substituents is 1. The Balaban J connectivity index is 2.37. The molecule has 7 nitrogen and oxygen atoms in total. The number of carboxylic acid groups (broad SMARTS) is 1. The molecule has 114 valence electrons. The highest BCUT2D eigenvalue weighted by molar-refractivity contribution is 7.99. The van der Waals surface area contributed by atoms with Crippen LogP contribution in [-0.4, -0.2) is 47.2 Å². The molecule has 1 fully saturated rings. The number of aliphatic carboxylic acids is 1. The Labute approximate surface area is 126 Å². The molecule has 0 radical (unpaired) electrons. The molecule has 0 bridgehead atoms. The number of methoxy groups -OCH3 is 1. The second-order valence-corrected chi connectivity index (χ2v) is 5.78. The van der Waals surface area contributed by atoms with Gasteiger partial charge in [0.15, 0.2) is 0 Å². The molecular formula is C13H16N2O5S. The van der Waals surface area contributed by atoms with Crippen LogP contribution < -0.4 is 9.64 Å². The van der Waals surface area contributed by atoms with Crippen molar-refractivity contribution in [1.29, 1.82) is 0 Å². The summed E-state index contributed by atoms with van der Waals surface area (Å²) in [7, 11) is 1.45. The molecule has 1 aromatic rings. The second kappa shape index (κ2) is 6.66. The summed E-state index contributed by atoms with van der Waals surface area (Å²) in [6.45, 7) is 0.593. The number of nitrogens with zero attached hydrogens (tertiary/aromatic N) is 2. The van der Waals surface area contributed by atoms with E-state index in [-0.39, 0.29) is 18.2 Å². The number of ether oxygens (including phenoxy) is 1. The molecule has 0 saturated carbocycles. The monoisotopic (exact) mass is 312 g/mol. The largest absolute Gasteiger partial charge is 0.496 e. The van der Waals surface area contributed by atoms with Crippen molar-refractivity contribution in [3.05, 3.63) is 28.3 Å². The SMILES string of the molecule is COc1ccc(N2CCSCC2CC(=O)O)c([N+](=O)[O-])c1. The lowest BCUT2D eigenvalue weighted by atomic mass is 10.1. The Morgan fingerprint density at radius 3 is 3.00 bits per heavy atom. The summed E-state index contributed by atoms with van der Waals surface area (Å²) in [6.07, 6.45) is -0.0316. The van der Waals surface area contributed by atoms with Crippen LogP contribution in [0.2, 0.25) is 0 Å². The van der Waals surface area contributed by atoms with Crippen LogP contribution in [-0.2, 0) is 4.79 Å². The van der Waals surface area contributed by atoms with Crippen molar-refractivity contribution in [2.24, 2.45) is 0 Å². The molecule has 21 heavy (non-hydrogen) atoms. The first-order valence-corrected chi connectivity index (χ1v) is 7.57. The van der Waals surface area contributed by atoms with Gasteiger partial charge in [-0.2, -0.15) is 11.8 Å². The number of anilines is 1. The van der Waals surface area contributed by atoms with Crippen LogP contribution in [0, 0.1) is 10.1 Å². The zero-order chi connectivity index (χ0) is 15.4. The minimum absolute atomic E-state index is 0.0316. The first-order chi connectivity index (χ1) is 10.0. The lowest BCUT2D eigenvalue weighted by molar-refractivity contribution is -0.384. The maximum absolute atomic E-state index is 11.3. The van der Waals surface area contributed by atoms with Gasteiger partial charge in [-0.1, -0.05) is 0 Å². The molecule has 1 N–H and O–H groups in total. The van der Waals surface area contributed by atoms with E-state index in [2.05, 4.69) is 0 Å². The van der Waals surface area contributed by atoms with Crippen molar-refractivity contribution in [2.75, 3.05) is 30.1 Å². The lowest BCUT2D eigenvalue weighted by Gasteiger charge is -2.36. The van der Waals surface area contributed by atoms with Gasteiger partial charge in [-0.25, -0.2) is 0 Å². The highest BCUT2D eigenvalue weighted by Gasteiger charge is 2.30. The molecule has 2 rings (SSSR count). The van der Waals surface area contributed by atoms with Crippen LogP contribution in [0.3, 0.4) is 0 Å². The summed E-state index contributed by atoms with van der Waals surface area (Å²) in [4.78, 5) is 23.6. The third kappa shape index (κ3) is 3.57. The highest BCUT2D eigenvalue weighted by atomic mass is 32.2. The van der Waals surface area contributed by atoms with Crippen LogP contribution in [0.5, 0.6) is 5.75 Å². The van der Waals surface area contributed by atoms with Gasteiger partial charge in [-0.3, -0.25) is 14.9 Å². The predicted molar refractivity (Wildman–Crippen MR) is 80.4 cm³/mol. The Morgan fingerprint density at radius 1 is 1.62 bits per heavy atom. The van der Waals surface area contributed by atoms with Crippen LogP contribution in [0.1, 0.15) is 6.42 Å². The lowest BCUT2D eigenvalue weighted by Crippen LogP contribution is -2.44. The number of hydrogen-bond acceptors (Lipinski definition) is 6. The van der Waals surface area contributed by atoms with Gasteiger partial charge in [0.05, 0.1) is 24.5 Å². The van der Waals surface area contributed by atoms with E-state index in [4.69, 9.17) is 9.84 Å². The topological polar surface area (TPSA) is 92.9 Å². The molecule has 1 atom stereocenters. The Hall–Kier alpha value is -1.96. The summed E-state index contributed by atoms with van der Waals surface area (Å²) in [6, 6.07) is 4.41. The summed E-state index contributed by atoms with van der Waals surface area (Å²) < 4.78 is 5.02. The normalized spacial score (nSPS) is 18.3. The van der Waals surface area contributed by atoms with Crippen LogP contribution in [0.15, 0.2) is 18.2 Å². The van der Waals surface area contributed by atoms with E-state index in [9.17, 15) is 14.9 Å². The number of hydrogen-bond donors (Lipinski definition) is 1. The number of carbonyl (C=O) groups is 1. The summed E-state index contributed by atoms with van der Waals surface area (Å²) >= 11 is 1.67. The van der Waals surface area contributed by atoms with Crippen molar-refractivity contribution in [3.63, 3.8) is 0 Å². The van der Waals surface area contributed by atoms with E-state index < -0.39 is 10.9 Å². The fourth-order valence-electron chi connectivity index (χ4n) is 2.36. The quantitative estimate of drug-likeness (QED) is 0.656. The smallest absolute Gasteiger partial charge is 0.305 e. The van der Waals surface area contributed by atoms with Gasteiger partial charge in [0.1, 0.15) is 11.4 Å². The van der Waals surface area contributed by atoms with Crippen LogP contribution in [0.25, 0.3) is 0 Å². The zero-order valence-corrected chi connectivity index (χ0v) is 12.3. The predicted octanol–water partition coefficient (Wildman–Crippen LogP) is 2.00. The van der Waals surface area contributed by atoms with Crippen molar-refractivity contribution in [1.82, 2.24) is 0 Å². The van der Waals surface area contributed by atoms with Gasteiger partial charge < -0.3 is 14.7 Å². The molecule has 1 heterocycles. The Morgan fingerprint density at radius 2 is 2.38 bits per heavy atom. The number of nitro groups is 1. The third-order valence-electron chi connectivity index (χ3n) is 3.33. The summed E-state index contributed by atoms with van der Waals surface area (Å²) in [5.74, 6) is 0.977. The Bertz CT molecular complexity index is 551. The molecule has 1 saturated heterocycles. The number of thioether (sulfide) groups is 1. The summed E-state index contributed by atoms with van der Waals surface area (Å²) in [5, 5.41) is 20.3. The van der Waals surface area contributed by atoms with Gasteiger partial charge >= 0.3 is 5.97 Å². The number of rotatable bonds is 5. The fraction of sp³-hybridized carbons (Fsp3) is 0.462. The van der Waals surface area contributed by atoms with Crippen molar-refractivity contribution >= 4 is 29.1 Å². The molecule has 0 aliphatic carbocycles. The number of benzene rings is 1. The van der Waals surface area contributed by atoms with Gasteiger partial charge in [0.25, 0.3) is 5.69 Å². The van der Waals surface area contributed by atoms with E-state index in [0.717, 1.165) is 5.75 Å². The van der Waals surface area contributed by atoms with Crippen LogP contribution >= 0.6 is 11.8 Å². The van der Waals surface area contributed by atoms with Gasteiger partial charge in [-0.15, -0.1) is 0 Å². The molecule has 1 aliphatic rings. The van der Waals surface area contributed by atoms with E-state index in [1.54, 1.807) is 23.9 Å². The fourth-order valence-corrected chi connectivity index (χ4v) is 3.42. The Kier molecular flexibility index (Phi) is 4.89. The molecule has 0 spiro atoms. The van der Waals surface area contributed by atoms with Gasteiger partial charge in [-0.05, 0) is 12.1 Å². The van der Waals surface area contributed by atoms with E-state index in [1.807, 2.05) is 4.90 Å². The molecule has 1 aromatic carbocycles. The molecule has 0 aromatic heterocycles. The molecule has 0 amide bonds. The van der Waals surface area contributed by atoms with Crippen molar-refractivity contribution in [3.8, 4) is 5.75 Å². The average molecular weight is 312 g/mol. The van der Waals surface area contributed by atoms with Gasteiger partial charge in [0, 0.05) is 24.1 Å². The molecular weight excluding hydrogens is 296 g/mol. The minimum atomic E-state index is -0.899. The van der Waals surface area contributed by atoms with E-state index in [0.29, 0.717) is 23.7 Å². The van der Waals surface area contributed by atoms with E-state index >= 15 is 0 Å². The van der Waals surface area contributed by atoms with Gasteiger partial charge in [0.2, 0.25) is 0 Å². The summed E-state index contributed by atoms with van der Waals surface area (Å²) in [5.41, 5.74) is 0.393. The highest BCUT2D eigenvalue weighted by Crippen LogP contribution is 2.35. The maximum atomic E-state index is 11.3. The average Bonchev–Trinajstić information content (AvgIpc) is 2.46. The number of carboxylic acids is 1. The maximum Gasteiger partial charge on any atom is 0.305 e. The van der Waals surface area contributed by atoms with Crippen LogP contribution in [0.4, 0.5) is 11.4 Å². The zero-order valence-electron chi connectivity index (χ0n) is 11.5. The van der Waals surface area contributed by atoms with Crippen molar-refractivity contribution in [2.45, 2.75) is 12.5 Å². The molecule has 1 aliphatic heterocycles. The molecule has 8 heteroatoms. The first-order valence-electron chi connectivity index (χ1n) is 6.41. The minimum Gasteiger partial charge on any atom is -0.496 e. The third-order valence-corrected chi connectivity index (χ3v) is 4.42.